The van der Waals surface area contributed by atoms with Gasteiger partial charge in [0, 0.05) is 19.6 Å². The monoisotopic (exact) mass is 281 g/mol. The molecule has 2 fully saturated rings. The van der Waals surface area contributed by atoms with E-state index in [4.69, 9.17) is 5.73 Å². The van der Waals surface area contributed by atoms with E-state index in [9.17, 15) is 9.59 Å². The number of hydrogen-bond acceptors (Lipinski definition) is 3. The van der Waals surface area contributed by atoms with Gasteiger partial charge in [-0.25, -0.2) is 0 Å². The fraction of sp³-hybridized carbons (Fsp3) is 0.867. The van der Waals surface area contributed by atoms with Crippen LogP contribution >= 0.6 is 0 Å². The molecule has 2 unspecified atom stereocenters. The minimum Gasteiger partial charge on any atom is -0.369 e. The zero-order chi connectivity index (χ0) is 14.6. The summed E-state index contributed by atoms with van der Waals surface area (Å²) in [6.45, 7) is 5.19. The molecule has 5 heteroatoms. The average Bonchev–Trinajstić information content (AvgIpc) is 2.48. The Hall–Kier alpha value is -1.10. The summed E-state index contributed by atoms with van der Waals surface area (Å²) in [5.74, 6) is -0.200. The molecule has 0 aliphatic carbocycles. The third kappa shape index (κ3) is 3.14. The van der Waals surface area contributed by atoms with Gasteiger partial charge in [0.2, 0.25) is 11.8 Å². The Kier molecular flexibility index (Phi) is 5.02. The summed E-state index contributed by atoms with van der Waals surface area (Å²) >= 11 is 0. The number of piperidine rings is 2. The van der Waals surface area contributed by atoms with Crippen molar-refractivity contribution >= 4 is 11.8 Å². The van der Waals surface area contributed by atoms with Crippen molar-refractivity contribution in [3.63, 3.8) is 0 Å². The van der Waals surface area contributed by atoms with Gasteiger partial charge in [-0.1, -0.05) is 13.3 Å². The fourth-order valence-corrected chi connectivity index (χ4v) is 3.68. The van der Waals surface area contributed by atoms with Gasteiger partial charge in [0.1, 0.15) is 0 Å². The van der Waals surface area contributed by atoms with Crippen LogP contribution in [-0.4, -0.2) is 42.9 Å². The van der Waals surface area contributed by atoms with E-state index in [0.717, 1.165) is 58.2 Å². The van der Waals surface area contributed by atoms with E-state index in [1.807, 2.05) is 4.90 Å². The molecule has 0 aromatic rings. The third-order valence-electron chi connectivity index (χ3n) is 4.77. The second-order valence-electron chi connectivity index (χ2n) is 6.30. The Morgan fingerprint density at radius 1 is 1.40 bits per heavy atom. The van der Waals surface area contributed by atoms with Gasteiger partial charge in [0.25, 0.3) is 0 Å². The Morgan fingerprint density at radius 3 is 2.80 bits per heavy atom. The minimum absolute atomic E-state index is 0.164. The molecule has 5 nitrogen and oxygen atoms in total. The number of nitrogens with zero attached hydrogens (tertiary/aromatic N) is 1. The maximum atomic E-state index is 13.0. The van der Waals surface area contributed by atoms with Crippen LogP contribution in [0.2, 0.25) is 0 Å². The Balaban J connectivity index is 2.08. The Bertz CT molecular complexity index is 359. The second kappa shape index (κ2) is 6.57. The van der Waals surface area contributed by atoms with Gasteiger partial charge in [-0.15, -0.1) is 0 Å². The molecule has 2 aliphatic heterocycles. The number of hydrogen-bond donors (Lipinski definition) is 2. The van der Waals surface area contributed by atoms with Gasteiger partial charge in [-0.05, 0) is 38.6 Å². The highest BCUT2D eigenvalue weighted by atomic mass is 16.2. The van der Waals surface area contributed by atoms with Crippen molar-refractivity contribution in [1.82, 2.24) is 10.2 Å². The normalized spacial score (nSPS) is 31.1. The zero-order valence-corrected chi connectivity index (χ0v) is 12.5. The molecule has 0 saturated carbocycles. The van der Waals surface area contributed by atoms with Crippen molar-refractivity contribution in [2.24, 2.45) is 17.1 Å². The van der Waals surface area contributed by atoms with E-state index in [1.54, 1.807) is 0 Å². The number of likely N-dealkylation sites (tertiary alicyclic amines) is 1. The van der Waals surface area contributed by atoms with Gasteiger partial charge < -0.3 is 16.0 Å². The van der Waals surface area contributed by atoms with Crippen molar-refractivity contribution in [2.45, 2.75) is 45.4 Å². The molecule has 2 atom stereocenters. The van der Waals surface area contributed by atoms with E-state index in [2.05, 4.69) is 12.2 Å². The lowest BCUT2D eigenvalue weighted by Crippen LogP contribution is -2.54. The number of carbonyl (C=O) groups is 2. The van der Waals surface area contributed by atoms with Crippen LogP contribution in [0.1, 0.15) is 45.4 Å². The lowest BCUT2D eigenvalue weighted by atomic mass is 9.75. The summed E-state index contributed by atoms with van der Waals surface area (Å²) in [5, 5.41) is 3.38. The summed E-state index contributed by atoms with van der Waals surface area (Å²) in [5.41, 5.74) is 5.15. The number of carbonyl (C=O) groups excluding carboxylic acids is 2. The largest absolute Gasteiger partial charge is 0.369 e. The predicted molar refractivity (Wildman–Crippen MR) is 77.9 cm³/mol. The Morgan fingerprint density at radius 2 is 2.20 bits per heavy atom. The number of primary amides is 1. The highest BCUT2D eigenvalue weighted by Crippen LogP contribution is 2.35. The molecular weight excluding hydrogens is 254 g/mol. The number of rotatable bonds is 4. The number of nitrogens with one attached hydrogen (secondary N) is 1. The number of amides is 2. The molecule has 114 valence electrons. The first-order valence-corrected chi connectivity index (χ1v) is 7.88. The van der Waals surface area contributed by atoms with Crippen LogP contribution in [0.15, 0.2) is 0 Å². The van der Waals surface area contributed by atoms with Crippen molar-refractivity contribution in [1.29, 1.82) is 0 Å². The highest BCUT2D eigenvalue weighted by molar-refractivity contribution is 5.84. The first kappa shape index (κ1) is 15.3. The van der Waals surface area contributed by atoms with Crippen molar-refractivity contribution < 1.29 is 9.59 Å². The van der Waals surface area contributed by atoms with Crippen LogP contribution < -0.4 is 11.1 Å². The molecule has 0 aromatic carbocycles. The van der Waals surface area contributed by atoms with Gasteiger partial charge in [-0.3, -0.25) is 9.59 Å². The zero-order valence-electron chi connectivity index (χ0n) is 12.5. The molecule has 0 radical (unpaired) electrons. The Labute approximate surface area is 121 Å². The fourth-order valence-electron chi connectivity index (χ4n) is 3.68. The molecule has 0 spiro atoms. The molecule has 2 aliphatic rings. The second-order valence-corrected chi connectivity index (χ2v) is 6.30. The van der Waals surface area contributed by atoms with Gasteiger partial charge >= 0.3 is 0 Å². The SMILES string of the molecule is CCCC1(C(=O)N2CCCC(C(N)=O)C2)CCCNC1. The molecule has 3 N–H and O–H groups in total. The standard InChI is InChI=1S/C15H27N3O2/c1-2-6-15(7-4-8-17-11-15)14(20)18-9-3-5-12(10-18)13(16)19/h12,17H,2-11H2,1H3,(H2,16,19). The van der Waals surface area contributed by atoms with Crippen LogP contribution in [0.5, 0.6) is 0 Å². The van der Waals surface area contributed by atoms with Crippen molar-refractivity contribution in [2.75, 3.05) is 26.2 Å². The van der Waals surface area contributed by atoms with Gasteiger partial charge in [0.05, 0.1) is 11.3 Å². The summed E-state index contributed by atoms with van der Waals surface area (Å²) in [6, 6.07) is 0. The van der Waals surface area contributed by atoms with E-state index in [0.29, 0.717) is 6.54 Å². The van der Waals surface area contributed by atoms with Crippen LogP contribution in [0.3, 0.4) is 0 Å². The van der Waals surface area contributed by atoms with Gasteiger partial charge in [0.15, 0.2) is 0 Å². The molecule has 0 aromatic heterocycles. The van der Waals surface area contributed by atoms with Crippen LogP contribution in [-0.2, 0) is 9.59 Å². The maximum absolute atomic E-state index is 13.0. The van der Waals surface area contributed by atoms with E-state index < -0.39 is 0 Å². The van der Waals surface area contributed by atoms with Gasteiger partial charge in [-0.2, -0.15) is 0 Å². The smallest absolute Gasteiger partial charge is 0.230 e. The predicted octanol–water partition coefficient (Wildman–Crippen LogP) is 0.880. The molecule has 2 heterocycles. The van der Waals surface area contributed by atoms with Crippen LogP contribution in [0, 0.1) is 11.3 Å². The third-order valence-corrected chi connectivity index (χ3v) is 4.77. The number of nitrogens with two attached hydrogens (primary N) is 1. The summed E-state index contributed by atoms with van der Waals surface area (Å²) in [6.07, 6.45) is 5.66. The first-order chi connectivity index (χ1) is 9.59. The van der Waals surface area contributed by atoms with Crippen LogP contribution in [0.4, 0.5) is 0 Å². The van der Waals surface area contributed by atoms with E-state index in [-0.39, 0.29) is 23.1 Å². The summed E-state index contributed by atoms with van der Waals surface area (Å²) in [4.78, 5) is 26.2. The highest BCUT2D eigenvalue weighted by Gasteiger charge is 2.42. The van der Waals surface area contributed by atoms with Crippen molar-refractivity contribution in [3.8, 4) is 0 Å². The minimum atomic E-state index is -0.270. The van der Waals surface area contributed by atoms with Crippen LogP contribution in [0.25, 0.3) is 0 Å². The lowest BCUT2D eigenvalue weighted by Gasteiger charge is -2.42. The molecular formula is C15H27N3O2. The van der Waals surface area contributed by atoms with Crippen molar-refractivity contribution in [3.05, 3.63) is 0 Å². The maximum Gasteiger partial charge on any atom is 0.230 e. The molecule has 2 amide bonds. The average molecular weight is 281 g/mol. The summed E-state index contributed by atoms with van der Waals surface area (Å²) < 4.78 is 0. The molecule has 0 bridgehead atoms. The molecule has 2 saturated heterocycles. The quantitative estimate of drug-likeness (QED) is 0.803. The van der Waals surface area contributed by atoms with E-state index >= 15 is 0 Å². The topological polar surface area (TPSA) is 75.4 Å². The first-order valence-electron chi connectivity index (χ1n) is 7.88. The van der Waals surface area contributed by atoms with E-state index in [1.165, 1.54) is 0 Å². The molecule has 2 rings (SSSR count). The summed E-state index contributed by atoms with van der Waals surface area (Å²) in [7, 11) is 0. The molecule has 20 heavy (non-hydrogen) atoms. The lowest BCUT2D eigenvalue weighted by molar-refractivity contribution is -0.146.